The quantitative estimate of drug-likeness (QED) is 0.844. The Hall–Kier alpha value is -2.00. The van der Waals surface area contributed by atoms with Crippen LogP contribution in [0.2, 0.25) is 0 Å². The van der Waals surface area contributed by atoms with Crippen LogP contribution in [0.4, 0.5) is 0 Å². The fraction of sp³-hybridized carbons (Fsp3) is 0.368. The lowest BCUT2D eigenvalue weighted by atomic mass is 10.1. The molecule has 0 amide bonds. The summed E-state index contributed by atoms with van der Waals surface area (Å²) in [4.78, 5) is 0. The molecular formula is C19H25NO2. The molecule has 22 heavy (non-hydrogen) atoms. The third-order valence-electron chi connectivity index (χ3n) is 3.63. The molecule has 0 radical (unpaired) electrons. The third kappa shape index (κ3) is 4.78. The molecule has 2 rings (SSSR count). The van der Waals surface area contributed by atoms with E-state index in [1.807, 2.05) is 19.1 Å². The first kappa shape index (κ1) is 16.4. The fourth-order valence-corrected chi connectivity index (χ4v) is 2.23. The van der Waals surface area contributed by atoms with Gasteiger partial charge in [0, 0.05) is 6.04 Å². The summed E-state index contributed by atoms with van der Waals surface area (Å²) in [5.74, 6) is 1.54. The van der Waals surface area contributed by atoms with E-state index < -0.39 is 0 Å². The molecule has 0 aromatic heterocycles. The lowest BCUT2D eigenvalue weighted by Crippen LogP contribution is -2.15. The predicted molar refractivity (Wildman–Crippen MR) is 90.5 cm³/mol. The van der Waals surface area contributed by atoms with Crippen LogP contribution in [-0.4, -0.2) is 13.2 Å². The van der Waals surface area contributed by atoms with Gasteiger partial charge in [-0.25, -0.2) is 0 Å². The number of nitrogens with two attached hydrogens (primary N) is 1. The van der Waals surface area contributed by atoms with Crippen molar-refractivity contribution in [3.05, 3.63) is 59.2 Å². The molecule has 0 saturated heterocycles. The van der Waals surface area contributed by atoms with E-state index in [0.717, 1.165) is 29.9 Å². The Morgan fingerprint density at radius 3 is 2.32 bits per heavy atom. The van der Waals surface area contributed by atoms with Crippen LogP contribution < -0.4 is 15.2 Å². The third-order valence-corrected chi connectivity index (χ3v) is 3.63. The molecule has 0 spiro atoms. The Morgan fingerprint density at radius 2 is 1.68 bits per heavy atom. The summed E-state index contributed by atoms with van der Waals surface area (Å²) in [6.07, 6.45) is 1.92. The molecule has 0 aliphatic carbocycles. The van der Waals surface area contributed by atoms with E-state index in [0.29, 0.717) is 6.61 Å². The first-order valence-electron chi connectivity index (χ1n) is 7.69. The Morgan fingerprint density at radius 1 is 1.00 bits per heavy atom. The Kier molecular flexibility index (Phi) is 5.84. The minimum Gasteiger partial charge on any atom is -0.493 e. The molecule has 0 heterocycles. The summed E-state index contributed by atoms with van der Waals surface area (Å²) in [6.45, 7) is 4.64. The first-order valence-corrected chi connectivity index (χ1v) is 7.69. The molecular weight excluding hydrogens is 274 g/mol. The second kappa shape index (κ2) is 7.85. The highest BCUT2D eigenvalue weighted by Crippen LogP contribution is 2.29. The molecule has 1 unspecified atom stereocenters. The summed E-state index contributed by atoms with van der Waals surface area (Å²) >= 11 is 0. The molecule has 0 aliphatic rings. The summed E-state index contributed by atoms with van der Waals surface area (Å²) in [6, 6.07) is 14.6. The van der Waals surface area contributed by atoms with Crippen molar-refractivity contribution in [1.82, 2.24) is 0 Å². The lowest BCUT2D eigenvalue weighted by molar-refractivity contribution is 0.284. The van der Waals surface area contributed by atoms with Gasteiger partial charge in [0.15, 0.2) is 11.5 Å². The van der Waals surface area contributed by atoms with Crippen molar-refractivity contribution in [2.75, 3.05) is 7.11 Å². The van der Waals surface area contributed by atoms with Gasteiger partial charge < -0.3 is 15.2 Å². The average Bonchev–Trinajstić information content (AvgIpc) is 2.52. The van der Waals surface area contributed by atoms with Gasteiger partial charge in [-0.1, -0.05) is 35.9 Å². The van der Waals surface area contributed by atoms with Crippen molar-refractivity contribution in [2.45, 2.75) is 39.3 Å². The maximum absolute atomic E-state index is 5.88. The normalized spacial score (nSPS) is 12.0. The SMILES string of the molecule is COc1cc(CCC(C)N)ccc1OCc1ccc(C)cc1. The molecule has 0 aliphatic heterocycles. The number of ether oxygens (including phenoxy) is 2. The zero-order valence-electron chi connectivity index (χ0n) is 13.6. The van der Waals surface area contributed by atoms with Crippen molar-refractivity contribution >= 4 is 0 Å². The second-order valence-electron chi connectivity index (χ2n) is 5.78. The van der Waals surface area contributed by atoms with E-state index in [2.05, 4.69) is 37.3 Å². The number of rotatable bonds is 7. The first-order chi connectivity index (χ1) is 10.6. The summed E-state index contributed by atoms with van der Waals surface area (Å²) in [5, 5.41) is 0. The second-order valence-corrected chi connectivity index (χ2v) is 5.78. The van der Waals surface area contributed by atoms with E-state index in [9.17, 15) is 0 Å². The highest BCUT2D eigenvalue weighted by Gasteiger charge is 2.07. The van der Waals surface area contributed by atoms with Gasteiger partial charge in [0.25, 0.3) is 0 Å². The van der Waals surface area contributed by atoms with Gasteiger partial charge in [0.2, 0.25) is 0 Å². The zero-order valence-corrected chi connectivity index (χ0v) is 13.6. The van der Waals surface area contributed by atoms with Gasteiger partial charge in [-0.3, -0.25) is 0 Å². The number of benzene rings is 2. The molecule has 2 aromatic rings. The molecule has 2 N–H and O–H groups in total. The van der Waals surface area contributed by atoms with Gasteiger partial charge in [-0.05, 0) is 49.9 Å². The maximum atomic E-state index is 5.88. The maximum Gasteiger partial charge on any atom is 0.161 e. The number of methoxy groups -OCH3 is 1. The summed E-state index contributed by atoms with van der Waals surface area (Å²) in [7, 11) is 1.67. The molecule has 1 atom stereocenters. The molecule has 3 nitrogen and oxygen atoms in total. The Labute approximate surface area is 133 Å². The van der Waals surface area contributed by atoms with Crippen molar-refractivity contribution in [2.24, 2.45) is 5.73 Å². The highest BCUT2D eigenvalue weighted by atomic mass is 16.5. The largest absolute Gasteiger partial charge is 0.493 e. The van der Waals surface area contributed by atoms with E-state index >= 15 is 0 Å². The average molecular weight is 299 g/mol. The monoisotopic (exact) mass is 299 g/mol. The standard InChI is InChI=1S/C19H25NO2/c1-14-4-7-17(8-5-14)13-22-18-11-10-16(9-6-15(2)20)12-19(18)21-3/h4-5,7-8,10-12,15H,6,9,13,20H2,1-3H3. The van der Waals surface area contributed by atoms with Gasteiger partial charge in [0.1, 0.15) is 6.61 Å². The minimum atomic E-state index is 0.212. The number of aryl methyl sites for hydroxylation is 2. The smallest absolute Gasteiger partial charge is 0.161 e. The van der Waals surface area contributed by atoms with Gasteiger partial charge in [-0.2, -0.15) is 0 Å². The lowest BCUT2D eigenvalue weighted by Gasteiger charge is -2.13. The molecule has 118 valence electrons. The molecule has 0 saturated carbocycles. The highest BCUT2D eigenvalue weighted by molar-refractivity contribution is 5.43. The molecule has 2 aromatic carbocycles. The van der Waals surface area contributed by atoms with E-state index in [-0.39, 0.29) is 6.04 Å². The van der Waals surface area contributed by atoms with Crippen LogP contribution in [0.25, 0.3) is 0 Å². The van der Waals surface area contributed by atoms with Crippen molar-refractivity contribution in [3.63, 3.8) is 0 Å². The van der Waals surface area contributed by atoms with Crippen LogP contribution in [-0.2, 0) is 13.0 Å². The van der Waals surface area contributed by atoms with Crippen LogP contribution >= 0.6 is 0 Å². The van der Waals surface area contributed by atoms with Gasteiger partial charge >= 0.3 is 0 Å². The minimum absolute atomic E-state index is 0.212. The van der Waals surface area contributed by atoms with Gasteiger partial charge in [0.05, 0.1) is 7.11 Å². The van der Waals surface area contributed by atoms with Crippen molar-refractivity contribution in [1.29, 1.82) is 0 Å². The number of hydrogen-bond donors (Lipinski definition) is 1. The summed E-state index contributed by atoms with van der Waals surface area (Å²) < 4.78 is 11.3. The molecule has 0 bridgehead atoms. The number of hydrogen-bond acceptors (Lipinski definition) is 3. The van der Waals surface area contributed by atoms with Crippen LogP contribution in [0.1, 0.15) is 30.0 Å². The zero-order chi connectivity index (χ0) is 15.9. The van der Waals surface area contributed by atoms with Crippen molar-refractivity contribution < 1.29 is 9.47 Å². The van der Waals surface area contributed by atoms with Crippen molar-refractivity contribution in [3.8, 4) is 11.5 Å². The van der Waals surface area contributed by atoms with E-state index in [1.165, 1.54) is 11.1 Å². The van der Waals surface area contributed by atoms with E-state index in [1.54, 1.807) is 7.11 Å². The Balaban J connectivity index is 2.02. The molecule has 3 heteroatoms. The van der Waals surface area contributed by atoms with Crippen LogP contribution in [0.3, 0.4) is 0 Å². The molecule has 0 fully saturated rings. The van der Waals surface area contributed by atoms with Crippen LogP contribution in [0.15, 0.2) is 42.5 Å². The van der Waals surface area contributed by atoms with Crippen LogP contribution in [0.5, 0.6) is 11.5 Å². The van der Waals surface area contributed by atoms with E-state index in [4.69, 9.17) is 15.2 Å². The predicted octanol–water partition coefficient (Wildman–Crippen LogP) is 3.86. The van der Waals surface area contributed by atoms with Gasteiger partial charge in [-0.15, -0.1) is 0 Å². The van der Waals surface area contributed by atoms with Crippen LogP contribution in [0, 0.1) is 6.92 Å². The topological polar surface area (TPSA) is 44.5 Å². The Bertz CT molecular complexity index is 591. The fourth-order valence-electron chi connectivity index (χ4n) is 2.23. The summed E-state index contributed by atoms with van der Waals surface area (Å²) in [5.41, 5.74) is 9.42.